The summed E-state index contributed by atoms with van der Waals surface area (Å²) in [5.41, 5.74) is 0.909. The van der Waals surface area contributed by atoms with Crippen molar-refractivity contribution in [3.05, 3.63) is 52.5 Å². The molecule has 0 aliphatic rings. The number of thioether (sulfide) groups is 1. The van der Waals surface area contributed by atoms with Crippen molar-refractivity contribution in [1.82, 2.24) is 0 Å². The van der Waals surface area contributed by atoms with Crippen LogP contribution in [0.5, 0.6) is 0 Å². The Hall–Kier alpha value is -1.69. The number of amides is 2. The molecule has 0 spiro atoms. The van der Waals surface area contributed by atoms with E-state index in [9.17, 15) is 9.59 Å². The van der Waals surface area contributed by atoms with Crippen molar-refractivity contribution in [3.63, 3.8) is 0 Å². The highest BCUT2D eigenvalue weighted by atomic mass is 35.5. The first-order valence-corrected chi connectivity index (χ1v) is 8.18. The molecule has 22 heavy (non-hydrogen) atoms. The van der Waals surface area contributed by atoms with Gasteiger partial charge < -0.3 is 10.6 Å². The molecule has 2 aromatic rings. The standard InChI is InChI=1S/C15H12Cl2N2O2S/c1-22-13-4-2-3-11(8-13)18-14(20)15(21)19-12-6-9(16)5-10(17)7-12/h2-8H,1H3,(H,18,20)(H,19,21). The Morgan fingerprint density at radius 3 is 2.09 bits per heavy atom. The quantitative estimate of drug-likeness (QED) is 0.638. The average Bonchev–Trinajstić information content (AvgIpc) is 2.46. The zero-order valence-electron chi connectivity index (χ0n) is 11.5. The number of anilines is 2. The third-order valence-corrected chi connectivity index (χ3v) is 3.82. The number of benzene rings is 2. The Kier molecular flexibility index (Phi) is 5.71. The predicted molar refractivity (Wildman–Crippen MR) is 91.9 cm³/mol. The predicted octanol–water partition coefficient (Wildman–Crippen LogP) is 4.29. The topological polar surface area (TPSA) is 58.2 Å². The number of hydrogen-bond acceptors (Lipinski definition) is 3. The first kappa shape index (κ1) is 16.7. The van der Waals surface area contributed by atoms with E-state index in [1.165, 1.54) is 18.2 Å². The second-order valence-electron chi connectivity index (χ2n) is 4.30. The van der Waals surface area contributed by atoms with Gasteiger partial charge in [0.2, 0.25) is 0 Å². The molecule has 2 rings (SSSR count). The summed E-state index contributed by atoms with van der Waals surface area (Å²) in [7, 11) is 0. The largest absolute Gasteiger partial charge is 0.318 e. The summed E-state index contributed by atoms with van der Waals surface area (Å²) in [5, 5.41) is 5.73. The third-order valence-electron chi connectivity index (χ3n) is 2.65. The molecule has 114 valence electrons. The van der Waals surface area contributed by atoms with Gasteiger partial charge in [-0.2, -0.15) is 0 Å². The number of hydrogen-bond donors (Lipinski definition) is 2. The highest BCUT2D eigenvalue weighted by Gasteiger charge is 2.14. The lowest BCUT2D eigenvalue weighted by molar-refractivity contribution is -0.132. The van der Waals surface area contributed by atoms with Crippen LogP contribution < -0.4 is 10.6 Å². The van der Waals surface area contributed by atoms with Gasteiger partial charge in [0.05, 0.1) is 0 Å². The number of nitrogens with one attached hydrogen (secondary N) is 2. The van der Waals surface area contributed by atoms with E-state index < -0.39 is 11.8 Å². The van der Waals surface area contributed by atoms with Crippen LogP contribution in [0.4, 0.5) is 11.4 Å². The maximum absolute atomic E-state index is 11.9. The number of carbonyl (C=O) groups is 2. The van der Waals surface area contributed by atoms with Crippen molar-refractivity contribution in [1.29, 1.82) is 0 Å². The molecule has 0 aliphatic heterocycles. The van der Waals surface area contributed by atoms with Crippen molar-refractivity contribution >= 4 is 58.2 Å². The van der Waals surface area contributed by atoms with E-state index in [-0.39, 0.29) is 0 Å². The van der Waals surface area contributed by atoms with Crippen molar-refractivity contribution in [2.45, 2.75) is 4.90 Å². The zero-order chi connectivity index (χ0) is 16.1. The monoisotopic (exact) mass is 354 g/mol. The summed E-state index contributed by atoms with van der Waals surface area (Å²) in [6.45, 7) is 0. The normalized spacial score (nSPS) is 10.1. The van der Waals surface area contributed by atoms with E-state index in [2.05, 4.69) is 10.6 Å². The Balaban J connectivity index is 2.04. The molecular weight excluding hydrogens is 343 g/mol. The van der Waals surface area contributed by atoms with Gasteiger partial charge in [-0.05, 0) is 42.7 Å². The van der Waals surface area contributed by atoms with Gasteiger partial charge in [-0.25, -0.2) is 0 Å². The molecule has 2 N–H and O–H groups in total. The van der Waals surface area contributed by atoms with Gasteiger partial charge in [-0.1, -0.05) is 29.3 Å². The molecular formula is C15H12Cl2N2O2S. The Bertz CT molecular complexity index is 702. The second-order valence-corrected chi connectivity index (χ2v) is 6.05. The van der Waals surface area contributed by atoms with Crippen LogP contribution in [0.1, 0.15) is 0 Å². The first-order valence-electron chi connectivity index (χ1n) is 6.20. The fourth-order valence-corrected chi connectivity index (χ4v) is 2.69. The first-order chi connectivity index (χ1) is 10.5. The van der Waals surface area contributed by atoms with Crippen LogP contribution in [-0.4, -0.2) is 18.1 Å². The molecule has 4 nitrogen and oxygen atoms in total. The van der Waals surface area contributed by atoms with Crippen LogP contribution in [-0.2, 0) is 9.59 Å². The summed E-state index contributed by atoms with van der Waals surface area (Å²) in [5.74, 6) is -1.57. The van der Waals surface area contributed by atoms with Gasteiger partial charge in [0.1, 0.15) is 0 Å². The van der Waals surface area contributed by atoms with Crippen molar-refractivity contribution in [2.24, 2.45) is 0 Å². The minimum atomic E-state index is -0.798. The molecule has 0 aliphatic carbocycles. The maximum atomic E-state index is 11.9. The van der Waals surface area contributed by atoms with E-state index in [1.54, 1.807) is 30.0 Å². The maximum Gasteiger partial charge on any atom is 0.314 e. The van der Waals surface area contributed by atoms with Crippen LogP contribution >= 0.6 is 35.0 Å². The Labute approximate surface area is 142 Å². The fraction of sp³-hybridized carbons (Fsp3) is 0.0667. The molecule has 2 amide bonds. The van der Waals surface area contributed by atoms with Crippen LogP contribution in [0, 0.1) is 0 Å². The molecule has 0 bridgehead atoms. The Morgan fingerprint density at radius 1 is 0.909 bits per heavy atom. The molecule has 7 heteroatoms. The summed E-state index contributed by atoms with van der Waals surface area (Å²) in [6, 6.07) is 11.8. The SMILES string of the molecule is CSc1cccc(NC(=O)C(=O)Nc2cc(Cl)cc(Cl)c2)c1. The minimum Gasteiger partial charge on any atom is -0.318 e. The molecule has 0 fully saturated rings. The summed E-state index contributed by atoms with van der Waals surface area (Å²) < 4.78 is 0. The zero-order valence-corrected chi connectivity index (χ0v) is 13.9. The van der Waals surface area contributed by atoms with Gasteiger partial charge in [-0.3, -0.25) is 9.59 Å². The van der Waals surface area contributed by atoms with Gasteiger partial charge in [0.15, 0.2) is 0 Å². The molecule has 0 radical (unpaired) electrons. The smallest absolute Gasteiger partial charge is 0.314 e. The number of carbonyl (C=O) groups excluding carboxylic acids is 2. The Morgan fingerprint density at radius 2 is 1.50 bits per heavy atom. The van der Waals surface area contributed by atoms with E-state index in [0.29, 0.717) is 21.4 Å². The number of rotatable bonds is 3. The van der Waals surface area contributed by atoms with E-state index in [0.717, 1.165) is 4.90 Å². The highest BCUT2D eigenvalue weighted by Crippen LogP contribution is 2.22. The van der Waals surface area contributed by atoms with Crippen LogP contribution in [0.3, 0.4) is 0 Å². The summed E-state index contributed by atoms with van der Waals surface area (Å²) in [4.78, 5) is 24.8. The van der Waals surface area contributed by atoms with Crippen molar-refractivity contribution in [2.75, 3.05) is 16.9 Å². The third kappa shape index (κ3) is 4.66. The van der Waals surface area contributed by atoms with Gasteiger partial charge >= 0.3 is 11.8 Å². The molecule has 0 heterocycles. The second kappa shape index (κ2) is 7.54. The minimum absolute atomic E-state index is 0.357. The van der Waals surface area contributed by atoms with E-state index in [4.69, 9.17) is 23.2 Å². The lowest BCUT2D eigenvalue weighted by Crippen LogP contribution is -2.29. The molecule has 0 aromatic heterocycles. The number of halogens is 2. The fourth-order valence-electron chi connectivity index (χ4n) is 1.70. The lowest BCUT2D eigenvalue weighted by Gasteiger charge is -2.08. The van der Waals surface area contributed by atoms with E-state index >= 15 is 0 Å². The van der Waals surface area contributed by atoms with Crippen LogP contribution in [0.15, 0.2) is 47.4 Å². The van der Waals surface area contributed by atoms with Crippen LogP contribution in [0.25, 0.3) is 0 Å². The van der Waals surface area contributed by atoms with Crippen molar-refractivity contribution < 1.29 is 9.59 Å². The molecule has 0 saturated heterocycles. The van der Waals surface area contributed by atoms with E-state index in [1.807, 2.05) is 12.3 Å². The highest BCUT2D eigenvalue weighted by molar-refractivity contribution is 7.98. The van der Waals surface area contributed by atoms with Gasteiger partial charge in [0.25, 0.3) is 0 Å². The average molecular weight is 355 g/mol. The summed E-state index contributed by atoms with van der Waals surface area (Å²) in [6.07, 6.45) is 1.93. The lowest BCUT2D eigenvalue weighted by atomic mass is 10.3. The van der Waals surface area contributed by atoms with Crippen LogP contribution in [0.2, 0.25) is 10.0 Å². The van der Waals surface area contributed by atoms with Crippen molar-refractivity contribution in [3.8, 4) is 0 Å². The molecule has 0 saturated carbocycles. The molecule has 0 atom stereocenters. The molecule has 0 unspecified atom stereocenters. The van der Waals surface area contributed by atoms with Gasteiger partial charge in [0, 0.05) is 26.3 Å². The summed E-state index contributed by atoms with van der Waals surface area (Å²) >= 11 is 13.2. The molecule has 2 aromatic carbocycles. The van der Waals surface area contributed by atoms with Gasteiger partial charge in [-0.15, -0.1) is 11.8 Å².